The van der Waals surface area contributed by atoms with E-state index in [0.29, 0.717) is 17.8 Å². The van der Waals surface area contributed by atoms with Gasteiger partial charge in [-0.15, -0.1) is 0 Å². The monoisotopic (exact) mass is 224 g/mol. The highest BCUT2D eigenvalue weighted by molar-refractivity contribution is 5.19. The minimum absolute atomic E-state index is 0.298. The van der Waals surface area contributed by atoms with Gasteiger partial charge in [0.1, 0.15) is 11.6 Å². The average molecular weight is 224 g/mol. The van der Waals surface area contributed by atoms with E-state index in [4.69, 9.17) is 10.00 Å². The molecule has 0 spiro atoms. The molecule has 1 heterocycles. The molecule has 0 aromatic carbocycles. The molecule has 16 heavy (non-hydrogen) atoms. The van der Waals surface area contributed by atoms with E-state index in [0.717, 1.165) is 31.8 Å². The molecule has 4 nitrogen and oxygen atoms in total. The number of hydrogen-bond donors (Lipinski definition) is 1. The van der Waals surface area contributed by atoms with Crippen LogP contribution in [0.4, 0.5) is 0 Å². The van der Waals surface area contributed by atoms with Crippen molar-refractivity contribution in [3.8, 4) is 6.07 Å². The third-order valence-electron chi connectivity index (χ3n) is 2.89. The highest BCUT2D eigenvalue weighted by atomic mass is 16.5. The Morgan fingerprint density at radius 1 is 1.44 bits per heavy atom. The molecule has 0 aliphatic carbocycles. The van der Waals surface area contributed by atoms with E-state index in [1.165, 1.54) is 0 Å². The van der Waals surface area contributed by atoms with Gasteiger partial charge in [-0.1, -0.05) is 0 Å². The van der Waals surface area contributed by atoms with Crippen LogP contribution in [0, 0.1) is 11.3 Å². The summed E-state index contributed by atoms with van der Waals surface area (Å²) in [6.45, 7) is 7.83. The standard InChI is InChI=1S/C12H21N3O/c1-9(2)16-11-4-6-15(7-5-11)12(14)10(3)8-13/h9,11H,4-7,14H2,1-3H3/p+1. The lowest BCUT2D eigenvalue weighted by Gasteiger charge is -2.32. The van der Waals surface area contributed by atoms with Crippen LogP contribution in [-0.4, -0.2) is 30.2 Å². The van der Waals surface area contributed by atoms with E-state index >= 15 is 0 Å². The maximum atomic E-state index is 8.81. The van der Waals surface area contributed by atoms with Crippen LogP contribution in [0.2, 0.25) is 0 Å². The minimum atomic E-state index is 0.298. The molecule has 0 atom stereocenters. The van der Waals surface area contributed by atoms with E-state index in [1.807, 2.05) is 6.92 Å². The maximum Gasteiger partial charge on any atom is 0.212 e. The van der Waals surface area contributed by atoms with Crippen molar-refractivity contribution in [2.75, 3.05) is 13.1 Å². The van der Waals surface area contributed by atoms with Crippen molar-refractivity contribution in [2.24, 2.45) is 0 Å². The quantitative estimate of drug-likeness (QED) is 0.724. The van der Waals surface area contributed by atoms with Crippen molar-refractivity contribution >= 4 is 0 Å². The van der Waals surface area contributed by atoms with Crippen molar-refractivity contribution in [3.63, 3.8) is 0 Å². The smallest absolute Gasteiger partial charge is 0.212 e. The lowest BCUT2D eigenvalue weighted by atomic mass is 10.1. The van der Waals surface area contributed by atoms with Gasteiger partial charge in [-0.05, 0) is 33.6 Å². The molecule has 0 bridgehead atoms. The first-order valence-corrected chi connectivity index (χ1v) is 5.88. The van der Waals surface area contributed by atoms with Crippen LogP contribution in [0.3, 0.4) is 0 Å². The predicted molar refractivity (Wildman–Crippen MR) is 62.0 cm³/mol. The Kier molecular flexibility index (Phi) is 4.78. The molecule has 1 aliphatic rings. The molecule has 0 saturated carbocycles. The van der Waals surface area contributed by atoms with Gasteiger partial charge in [-0.3, -0.25) is 0 Å². The summed E-state index contributed by atoms with van der Waals surface area (Å²) in [7, 11) is 0. The van der Waals surface area contributed by atoms with Gasteiger partial charge in [0, 0.05) is 13.1 Å². The topological polar surface area (TPSA) is 63.9 Å². The van der Waals surface area contributed by atoms with E-state index < -0.39 is 0 Å². The first-order valence-electron chi connectivity index (χ1n) is 5.88. The lowest BCUT2D eigenvalue weighted by Crippen LogP contribution is -2.58. The van der Waals surface area contributed by atoms with Crippen LogP contribution in [0.15, 0.2) is 11.4 Å². The van der Waals surface area contributed by atoms with Crippen LogP contribution in [-0.2, 0) is 4.74 Å². The molecule has 0 amide bonds. The number of allylic oxidation sites excluding steroid dienone is 1. The Morgan fingerprint density at radius 3 is 2.44 bits per heavy atom. The number of rotatable bonds is 3. The van der Waals surface area contributed by atoms with E-state index in [-0.39, 0.29) is 0 Å². The Balaban J connectivity index is 2.47. The fourth-order valence-electron chi connectivity index (χ4n) is 1.95. The maximum absolute atomic E-state index is 8.81. The van der Waals surface area contributed by atoms with Gasteiger partial charge in [-0.2, -0.15) is 5.26 Å². The summed E-state index contributed by atoms with van der Waals surface area (Å²) in [4.78, 5) is 2.18. The molecule has 1 fully saturated rings. The van der Waals surface area contributed by atoms with Crippen LogP contribution >= 0.6 is 0 Å². The van der Waals surface area contributed by atoms with E-state index in [2.05, 4.69) is 30.6 Å². The number of nitrogens with zero attached hydrogens (tertiary/aromatic N) is 2. The fourth-order valence-corrected chi connectivity index (χ4v) is 1.95. The molecule has 1 rings (SSSR count). The first kappa shape index (κ1) is 13.0. The second-order valence-corrected chi connectivity index (χ2v) is 4.55. The summed E-state index contributed by atoms with van der Waals surface area (Å²) in [6, 6.07) is 2.15. The van der Waals surface area contributed by atoms with Gasteiger partial charge >= 0.3 is 0 Å². The number of quaternary nitrogens is 1. The van der Waals surface area contributed by atoms with Crippen LogP contribution < -0.4 is 5.73 Å². The summed E-state index contributed by atoms with van der Waals surface area (Å²) in [5.74, 6) is 0.866. The number of nitriles is 1. The predicted octanol–water partition coefficient (Wildman–Crippen LogP) is 0.873. The van der Waals surface area contributed by atoms with Gasteiger partial charge in [0.05, 0.1) is 12.2 Å². The van der Waals surface area contributed by atoms with Crippen molar-refractivity contribution in [2.45, 2.75) is 45.8 Å². The molecule has 1 aliphatic heterocycles. The largest absolute Gasteiger partial charge is 0.375 e. The summed E-state index contributed by atoms with van der Waals surface area (Å²) in [6.07, 6.45) is 2.71. The van der Waals surface area contributed by atoms with Crippen molar-refractivity contribution in [1.29, 1.82) is 5.26 Å². The Bertz CT molecular complexity index is 296. The van der Waals surface area contributed by atoms with Gasteiger partial charge in [0.2, 0.25) is 5.82 Å². The second kappa shape index (κ2) is 5.88. The molecule has 0 radical (unpaired) electrons. The lowest BCUT2D eigenvalue weighted by molar-refractivity contribution is -0.336. The molecule has 0 unspecified atom stereocenters. The van der Waals surface area contributed by atoms with Crippen molar-refractivity contribution in [1.82, 2.24) is 4.90 Å². The number of hydrogen-bond acceptors (Lipinski definition) is 3. The zero-order chi connectivity index (χ0) is 12.1. The molecule has 0 aromatic rings. The summed E-state index contributed by atoms with van der Waals surface area (Å²) in [5.41, 5.74) is 4.67. The summed E-state index contributed by atoms with van der Waals surface area (Å²) in [5, 5.41) is 8.81. The van der Waals surface area contributed by atoms with Crippen LogP contribution in [0.25, 0.3) is 0 Å². The molecule has 4 heteroatoms. The Morgan fingerprint density at radius 2 is 2.00 bits per heavy atom. The van der Waals surface area contributed by atoms with Gasteiger partial charge in [-0.25, -0.2) is 0 Å². The number of ether oxygens (including phenoxy) is 1. The zero-order valence-corrected chi connectivity index (χ0v) is 10.5. The number of likely N-dealkylation sites (tertiary alicyclic amines) is 1. The van der Waals surface area contributed by atoms with E-state index in [1.54, 1.807) is 0 Å². The Hall–Kier alpha value is -1.05. The SMILES string of the molecule is CC(C#N)=C([NH3+])N1CCC(OC(C)C)CC1. The van der Waals surface area contributed by atoms with Crippen LogP contribution in [0.5, 0.6) is 0 Å². The molecular weight excluding hydrogens is 202 g/mol. The van der Waals surface area contributed by atoms with Gasteiger partial charge in [0.25, 0.3) is 0 Å². The fraction of sp³-hybridized carbons (Fsp3) is 0.750. The molecule has 0 aromatic heterocycles. The molecule has 90 valence electrons. The number of piperidine rings is 1. The second-order valence-electron chi connectivity index (χ2n) is 4.55. The zero-order valence-electron chi connectivity index (χ0n) is 10.5. The Labute approximate surface area is 97.7 Å². The summed E-state index contributed by atoms with van der Waals surface area (Å²) >= 11 is 0. The highest BCUT2D eigenvalue weighted by Gasteiger charge is 2.23. The van der Waals surface area contributed by atoms with Crippen molar-refractivity contribution < 1.29 is 10.5 Å². The van der Waals surface area contributed by atoms with Crippen LogP contribution in [0.1, 0.15) is 33.6 Å². The molecular formula is C12H22N3O+. The molecule has 3 N–H and O–H groups in total. The third kappa shape index (κ3) is 3.51. The van der Waals surface area contributed by atoms with Gasteiger partial charge in [0.15, 0.2) is 0 Å². The summed E-state index contributed by atoms with van der Waals surface area (Å²) < 4.78 is 5.78. The minimum Gasteiger partial charge on any atom is -0.375 e. The molecule has 1 saturated heterocycles. The average Bonchev–Trinajstić information content (AvgIpc) is 2.27. The normalized spacial score (nSPS) is 19.6. The van der Waals surface area contributed by atoms with E-state index in [9.17, 15) is 0 Å². The van der Waals surface area contributed by atoms with Crippen molar-refractivity contribution in [3.05, 3.63) is 11.4 Å². The first-order chi connectivity index (χ1) is 7.54. The van der Waals surface area contributed by atoms with Gasteiger partial charge < -0.3 is 15.4 Å². The third-order valence-corrected chi connectivity index (χ3v) is 2.89. The highest BCUT2D eigenvalue weighted by Crippen LogP contribution is 2.17.